The van der Waals surface area contributed by atoms with Crippen LogP contribution in [0.4, 0.5) is 8.78 Å². The van der Waals surface area contributed by atoms with Crippen molar-refractivity contribution < 1.29 is 23.0 Å². The topological polar surface area (TPSA) is 64.1 Å². The van der Waals surface area contributed by atoms with E-state index in [1.807, 2.05) is 6.92 Å². The van der Waals surface area contributed by atoms with Crippen molar-refractivity contribution >= 4 is 29.9 Å². The van der Waals surface area contributed by atoms with E-state index in [4.69, 9.17) is 9.47 Å². The van der Waals surface area contributed by atoms with Gasteiger partial charge in [0.2, 0.25) is 0 Å². The maximum atomic E-state index is 12.7. The minimum Gasteiger partial charge on any atom is -0.497 e. The number of hydrogen-bond donors (Lipinski definition) is 2. The van der Waals surface area contributed by atoms with Gasteiger partial charge in [0.25, 0.3) is 0 Å². The molecule has 0 amide bonds. The minimum atomic E-state index is -2.90. The lowest BCUT2D eigenvalue weighted by Gasteiger charge is -2.61. The highest BCUT2D eigenvalue weighted by atomic mass is 127. The van der Waals surface area contributed by atoms with Crippen LogP contribution in [0.15, 0.2) is 23.2 Å². The highest BCUT2D eigenvalue weighted by molar-refractivity contribution is 14.0. The highest BCUT2D eigenvalue weighted by Gasteiger charge is 2.59. The number of nitrogens with zero attached hydrogens (tertiary/aromatic N) is 1. The maximum absolute atomic E-state index is 12.7. The molecule has 2 saturated carbocycles. The lowest BCUT2D eigenvalue weighted by molar-refractivity contribution is -0.168. The summed E-state index contributed by atoms with van der Waals surface area (Å²) < 4.78 is 41.1. The summed E-state index contributed by atoms with van der Waals surface area (Å²) in [6.07, 6.45) is 4.83. The average Bonchev–Trinajstić information content (AvgIpc) is 2.62. The number of halogens is 3. The van der Waals surface area contributed by atoms with Crippen LogP contribution in [0.5, 0.6) is 11.5 Å². The van der Waals surface area contributed by atoms with Crippen LogP contribution in [0, 0.1) is 5.41 Å². The van der Waals surface area contributed by atoms with E-state index in [0.717, 1.165) is 25.9 Å². The van der Waals surface area contributed by atoms with Crippen LogP contribution in [0.1, 0.15) is 38.2 Å². The van der Waals surface area contributed by atoms with E-state index in [0.29, 0.717) is 36.0 Å². The monoisotopic (exact) mass is 525 g/mol. The van der Waals surface area contributed by atoms with Crippen LogP contribution < -0.4 is 20.1 Å². The molecule has 0 bridgehead atoms. The normalized spacial score (nSPS) is 22.3. The number of guanidine groups is 1. The zero-order valence-corrected chi connectivity index (χ0v) is 19.4. The molecule has 2 aliphatic rings. The van der Waals surface area contributed by atoms with E-state index >= 15 is 0 Å². The summed E-state index contributed by atoms with van der Waals surface area (Å²) in [4.78, 5) is 4.28. The number of benzene rings is 1. The molecule has 2 N–H and O–H groups in total. The number of nitrogens with one attached hydrogen (secondary N) is 2. The first-order valence-corrected chi connectivity index (χ1v) is 9.73. The van der Waals surface area contributed by atoms with Crippen molar-refractivity contribution in [2.75, 3.05) is 20.8 Å². The lowest BCUT2D eigenvalue weighted by Crippen LogP contribution is -2.68. The Labute approximate surface area is 187 Å². The van der Waals surface area contributed by atoms with Crippen molar-refractivity contribution in [3.8, 4) is 11.5 Å². The fourth-order valence-electron chi connectivity index (χ4n) is 4.19. The molecule has 6 nitrogen and oxygen atoms in total. The zero-order chi connectivity index (χ0) is 20.1. The van der Waals surface area contributed by atoms with Gasteiger partial charge in [0, 0.05) is 43.3 Å². The number of ether oxygens (including phenoxy) is 3. The maximum Gasteiger partial charge on any atom is 0.387 e. The molecule has 9 heteroatoms. The van der Waals surface area contributed by atoms with Gasteiger partial charge in [-0.25, -0.2) is 0 Å². The number of hydrogen-bond acceptors (Lipinski definition) is 4. The molecule has 1 aromatic carbocycles. The number of aliphatic imine (C=N–C) groups is 1. The van der Waals surface area contributed by atoms with Gasteiger partial charge in [-0.2, -0.15) is 8.78 Å². The third-order valence-electron chi connectivity index (χ3n) is 5.91. The van der Waals surface area contributed by atoms with Crippen molar-refractivity contribution in [2.45, 2.75) is 57.9 Å². The molecule has 0 heterocycles. The summed E-state index contributed by atoms with van der Waals surface area (Å²) in [6.45, 7) is 0.172. The summed E-state index contributed by atoms with van der Waals surface area (Å²) >= 11 is 0. The average molecular weight is 525 g/mol. The first kappa shape index (κ1) is 23.9. The van der Waals surface area contributed by atoms with Crippen LogP contribution in [0.3, 0.4) is 0 Å². The molecule has 3 rings (SSSR count). The SMILES string of the molecule is CCOC1CC(NC(=NC)NCc2ccc(OC)cc2OC(F)F)C12CCC2.I. The summed E-state index contributed by atoms with van der Waals surface area (Å²) in [6, 6.07) is 5.20. The Hall–Kier alpha value is -1.36. The Kier molecular flexibility index (Phi) is 8.74. The summed E-state index contributed by atoms with van der Waals surface area (Å²) in [5.74, 6) is 1.20. The van der Waals surface area contributed by atoms with Crippen LogP contribution in [0.25, 0.3) is 0 Å². The standard InChI is InChI=1S/C20H29F2N3O3.HI/c1-4-27-17-11-16(20(17)8-5-9-20)25-19(23-2)24-12-13-6-7-14(26-3)10-15(13)28-18(21)22;/h6-7,10,16-18H,4-5,8-9,11-12H2,1-3H3,(H2,23,24,25);1H. The molecular formula is C20H30F2IN3O3. The summed E-state index contributed by atoms with van der Waals surface area (Å²) in [7, 11) is 3.18. The highest BCUT2D eigenvalue weighted by Crippen LogP contribution is 2.57. The number of methoxy groups -OCH3 is 1. The Morgan fingerprint density at radius 3 is 2.66 bits per heavy atom. The molecule has 164 valence electrons. The Balaban J connectivity index is 0.00000300. The van der Waals surface area contributed by atoms with Crippen molar-refractivity contribution in [3.05, 3.63) is 23.8 Å². The van der Waals surface area contributed by atoms with Gasteiger partial charge >= 0.3 is 6.61 Å². The third kappa shape index (κ3) is 5.22. The van der Waals surface area contributed by atoms with Crippen molar-refractivity contribution in [1.29, 1.82) is 0 Å². The first-order chi connectivity index (χ1) is 13.5. The Morgan fingerprint density at radius 1 is 1.34 bits per heavy atom. The largest absolute Gasteiger partial charge is 0.497 e. The lowest BCUT2D eigenvalue weighted by atomic mass is 9.51. The van der Waals surface area contributed by atoms with Crippen molar-refractivity contribution in [3.63, 3.8) is 0 Å². The molecule has 2 aliphatic carbocycles. The third-order valence-corrected chi connectivity index (χ3v) is 5.91. The van der Waals surface area contributed by atoms with E-state index in [9.17, 15) is 8.78 Å². The quantitative estimate of drug-likeness (QED) is 0.306. The van der Waals surface area contributed by atoms with Gasteiger partial charge in [-0.3, -0.25) is 4.99 Å². The summed E-state index contributed by atoms with van der Waals surface area (Å²) in [5.41, 5.74) is 0.806. The molecule has 1 aromatic rings. The molecule has 0 aliphatic heterocycles. The molecule has 2 fully saturated rings. The van der Waals surface area contributed by atoms with Crippen molar-refractivity contribution in [1.82, 2.24) is 10.6 Å². The van der Waals surface area contributed by atoms with E-state index in [-0.39, 0.29) is 35.1 Å². The molecule has 0 radical (unpaired) electrons. The van der Waals surface area contributed by atoms with E-state index < -0.39 is 6.61 Å². The van der Waals surface area contributed by atoms with Gasteiger partial charge in [-0.05, 0) is 38.3 Å². The second kappa shape index (κ2) is 10.6. The minimum absolute atomic E-state index is 0. The van der Waals surface area contributed by atoms with Crippen LogP contribution in [-0.2, 0) is 11.3 Å². The van der Waals surface area contributed by atoms with Gasteiger partial charge in [0.1, 0.15) is 11.5 Å². The van der Waals surface area contributed by atoms with Gasteiger partial charge in [-0.1, -0.05) is 6.42 Å². The number of alkyl halides is 2. The smallest absolute Gasteiger partial charge is 0.387 e. The van der Waals surface area contributed by atoms with Gasteiger partial charge in [-0.15, -0.1) is 24.0 Å². The number of rotatable bonds is 8. The van der Waals surface area contributed by atoms with Crippen LogP contribution >= 0.6 is 24.0 Å². The van der Waals surface area contributed by atoms with E-state index in [1.165, 1.54) is 19.6 Å². The van der Waals surface area contributed by atoms with Gasteiger partial charge in [0.05, 0.1) is 13.2 Å². The Morgan fingerprint density at radius 2 is 2.10 bits per heavy atom. The second-order valence-corrected chi connectivity index (χ2v) is 7.24. The van der Waals surface area contributed by atoms with Gasteiger partial charge < -0.3 is 24.8 Å². The van der Waals surface area contributed by atoms with Crippen molar-refractivity contribution in [2.24, 2.45) is 10.4 Å². The van der Waals surface area contributed by atoms with Gasteiger partial charge in [0.15, 0.2) is 5.96 Å². The van der Waals surface area contributed by atoms with Crippen LogP contribution in [0.2, 0.25) is 0 Å². The van der Waals surface area contributed by atoms with E-state index in [2.05, 4.69) is 20.4 Å². The van der Waals surface area contributed by atoms with Crippen LogP contribution in [-0.4, -0.2) is 45.5 Å². The molecule has 29 heavy (non-hydrogen) atoms. The molecule has 2 atom stereocenters. The molecule has 2 unspecified atom stereocenters. The second-order valence-electron chi connectivity index (χ2n) is 7.24. The fraction of sp³-hybridized carbons (Fsp3) is 0.650. The predicted molar refractivity (Wildman–Crippen MR) is 118 cm³/mol. The molecule has 0 saturated heterocycles. The van der Waals surface area contributed by atoms with E-state index in [1.54, 1.807) is 19.2 Å². The summed E-state index contributed by atoms with van der Waals surface area (Å²) in [5, 5.41) is 6.68. The predicted octanol–water partition coefficient (Wildman–Crippen LogP) is 3.93. The molecule has 1 spiro atoms. The fourth-order valence-corrected chi connectivity index (χ4v) is 4.19. The molecule has 0 aromatic heterocycles. The zero-order valence-electron chi connectivity index (χ0n) is 17.0. The first-order valence-electron chi connectivity index (χ1n) is 9.73. The molecular weight excluding hydrogens is 495 g/mol. The Bertz CT molecular complexity index is 702.